The third kappa shape index (κ3) is 4.52. The zero-order valence-electron chi connectivity index (χ0n) is 11.5. The maximum atomic E-state index is 3.46. The molecule has 0 spiro atoms. The Hall–Kier alpha value is -1.61. The number of benzene rings is 2. The normalized spacial score (nSPS) is 10.2. The van der Waals surface area contributed by atoms with Gasteiger partial charge in [-0.2, -0.15) is 0 Å². The van der Waals surface area contributed by atoms with E-state index in [1.54, 1.807) is 0 Å². The highest BCUT2D eigenvalue weighted by Gasteiger charge is 1.97. The molecule has 0 heterocycles. The zero-order valence-corrected chi connectivity index (χ0v) is 12.3. The summed E-state index contributed by atoms with van der Waals surface area (Å²) in [5.74, 6) is 1.07. The van der Waals surface area contributed by atoms with Crippen LogP contribution in [-0.4, -0.2) is 26.4 Å². The Kier molecular flexibility index (Phi) is 5.16. The molecule has 0 amide bonds. The molecule has 0 radical (unpaired) electrons. The van der Waals surface area contributed by atoms with Crippen molar-refractivity contribution in [1.82, 2.24) is 0 Å². The van der Waals surface area contributed by atoms with Crippen molar-refractivity contribution in [3.05, 3.63) is 54.6 Å². The lowest BCUT2D eigenvalue weighted by Crippen LogP contribution is -2.09. The summed E-state index contributed by atoms with van der Waals surface area (Å²) in [6.07, 6.45) is 0. The fourth-order valence-electron chi connectivity index (χ4n) is 1.78. The fourth-order valence-corrected chi connectivity index (χ4v) is 2.56. The summed E-state index contributed by atoms with van der Waals surface area (Å²) in [5, 5.41) is 3.46. The molecule has 1 N–H and O–H groups in total. The number of thioether (sulfide) groups is 1. The molecular weight excluding hydrogens is 252 g/mol. The van der Waals surface area contributed by atoms with E-state index in [0.717, 1.165) is 12.3 Å². The van der Waals surface area contributed by atoms with Gasteiger partial charge in [-0.05, 0) is 30.3 Å². The Morgan fingerprint density at radius 3 is 2.53 bits per heavy atom. The summed E-state index contributed by atoms with van der Waals surface area (Å²) in [4.78, 5) is 3.44. The zero-order chi connectivity index (χ0) is 13.5. The minimum atomic E-state index is 0.969. The summed E-state index contributed by atoms with van der Waals surface area (Å²) >= 11 is 1.88. The van der Waals surface area contributed by atoms with Gasteiger partial charge in [0.25, 0.3) is 0 Å². The topological polar surface area (TPSA) is 15.3 Å². The average molecular weight is 272 g/mol. The molecule has 3 heteroatoms. The summed E-state index contributed by atoms with van der Waals surface area (Å²) in [6, 6.07) is 19.0. The minimum Gasteiger partial charge on any atom is -0.384 e. The molecule has 2 nitrogen and oxygen atoms in total. The van der Waals surface area contributed by atoms with Crippen molar-refractivity contribution < 1.29 is 0 Å². The van der Waals surface area contributed by atoms with Crippen molar-refractivity contribution in [3.8, 4) is 0 Å². The predicted molar refractivity (Wildman–Crippen MR) is 86.4 cm³/mol. The van der Waals surface area contributed by atoms with Crippen LogP contribution < -0.4 is 10.2 Å². The Morgan fingerprint density at radius 1 is 1.00 bits per heavy atom. The van der Waals surface area contributed by atoms with Gasteiger partial charge in [0.15, 0.2) is 0 Å². The van der Waals surface area contributed by atoms with Crippen LogP contribution in [0.1, 0.15) is 0 Å². The van der Waals surface area contributed by atoms with Crippen molar-refractivity contribution in [3.63, 3.8) is 0 Å². The quantitative estimate of drug-likeness (QED) is 0.633. The Bertz CT molecular complexity index is 497. The van der Waals surface area contributed by atoms with Gasteiger partial charge in [-0.1, -0.05) is 24.3 Å². The van der Waals surface area contributed by atoms with Crippen molar-refractivity contribution in [2.45, 2.75) is 4.90 Å². The molecule has 0 unspecified atom stereocenters. The highest BCUT2D eigenvalue weighted by atomic mass is 32.2. The third-order valence-corrected chi connectivity index (χ3v) is 3.82. The second kappa shape index (κ2) is 7.10. The maximum Gasteiger partial charge on any atom is 0.0381 e. The van der Waals surface area contributed by atoms with Crippen LogP contribution in [0, 0.1) is 0 Å². The average Bonchev–Trinajstić information content (AvgIpc) is 2.45. The van der Waals surface area contributed by atoms with Gasteiger partial charge in [0.2, 0.25) is 0 Å². The lowest BCUT2D eigenvalue weighted by molar-refractivity contribution is 1.13. The van der Waals surface area contributed by atoms with Crippen LogP contribution in [0.3, 0.4) is 0 Å². The first-order valence-corrected chi connectivity index (χ1v) is 7.43. The van der Waals surface area contributed by atoms with Crippen LogP contribution in [0.15, 0.2) is 59.5 Å². The molecule has 0 atom stereocenters. The second-order valence-electron chi connectivity index (χ2n) is 4.53. The van der Waals surface area contributed by atoms with Gasteiger partial charge in [-0.15, -0.1) is 11.8 Å². The molecule has 0 aliphatic rings. The first-order valence-electron chi connectivity index (χ1n) is 6.45. The van der Waals surface area contributed by atoms with E-state index in [1.165, 1.54) is 16.3 Å². The van der Waals surface area contributed by atoms with E-state index in [-0.39, 0.29) is 0 Å². The van der Waals surface area contributed by atoms with Crippen LogP contribution in [-0.2, 0) is 0 Å². The fraction of sp³-hybridized carbons (Fsp3) is 0.250. The highest BCUT2D eigenvalue weighted by molar-refractivity contribution is 7.99. The smallest absolute Gasteiger partial charge is 0.0381 e. The van der Waals surface area contributed by atoms with Gasteiger partial charge < -0.3 is 10.2 Å². The van der Waals surface area contributed by atoms with Gasteiger partial charge in [0, 0.05) is 42.7 Å². The maximum absolute atomic E-state index is 3.46. The highest BCUT2D eigenvalue weighted by Crippen LogP contribution is 2.19. The molecule has 0 saturated carbocycles. The lowest BCUT2D eigenvalue weighted by atomic mass is 10.2. The number of hydrogen-bond donors (Lipinski definition) is 1. The first kappa shape index (κ1) is 13.8. The minimum absolute atomic E-state index is 0.969. The predicted octanol–water partition coefficient (Wildman–Crippen LogP) is 3.96. The standard InChI is InChI=1S/C16H20N2S/c1-18(2)15-8-6-7-14(13-15)17-11-12-19-16-9-4-3-5-10-16/h3-10,13,17H,11-12H2,1-2H3. The van der Waals surface area contributed by atoms with E-state index in [9.17, 15) is 0 Å². The van der Waals surface area contributed by atoms with Crippen LogP contribution in [0.5, 0.6) is 0 Å². The molecule has 100 valence electrons. The summed E-state index contributed by atoms with van der Waals surface area (Å²) in [5.41, 5.74) is 2.40. The van der Waals surface area contributed by atoms with Crippen molar-refractivity contribution in [2.24, 2.45) is 0 Å². The molecule has 0 aliphatic heterocycles. The molecular formula is C16H20N2S. The van der Waals surface area contributed by atoms with Crippen LogP contribution in [0.2, 0.25) is 0 Å². The lowest BCUT2D eigenvalue weighted by Gasteiger charge is -2.14. The molecule has 0 bridgehead atoms. The van der Waals surface area contributed by atoms with Crippen LogP contribution >= 0.6 is 11.8 Å². The van der Waals surface area contributed by atoms with E-state index in [0.29, 0.717) is 0 Å². The van der Waals surface area contributed by atoms with Crippen molar-refractivity contribution >= 4 is 23.1 Å². The summed E-state index contributed by atoms with van der Waals surface area (Å²) in [7, 11) is 4.12. The number of anilines is 2. The summed E-state index contributed by atoms with van der Waals surface area (Å²) < 4.78 is 0. The molecule has 2 aromatic rings. The Morgan fingerprint density at radius 2 is 1.79 bits per heavy atom. The molecule has 0 saturated heterocycles. The molecule has 19 heavy (non-hydrogen) atoms. The summed E-state index contributed by atoms with van der Waals surface area (Å²) in [6.45, 7) is 0.969. The third-order valence-electron chi connectivity index (χ3n) is 2.81. The molecule has 0 fully saturated rings. The van der Waals surface area contributed by atoms with Gasteiger partial charge in [0.05, 0.1) is 0 Å². The number of rotatable bonds is 6. The number of hydrogen-bond acceptors (Lipinski definition) is 3. The Labute approximate surface area is 119 Å². The van der Waals surface area contributed by atoms with Gasteiger partial charge in [-0.25, -0.2) is 0 Å². The van der Waals surface area contributed by atoms with E-state index in [4.69, 9.17) is 0 Å². The van der Waals surface area contributed by atoms with E-state index in [1.807, 2.05) is 11.8 Å². The van der Waals surface area contributed by atoms with Crippen molar-refractivity contribution in [2.75, 3.05) is 36.6 Å². The first-order chi connectivity index (χ1) is 9.25. The molecule has 2 aromatic carbocycles. The van der Waals surface area contributed by atoms with Gasteiger partial charge in [-0.3, -0.25) is 0 Å². The monoisotopic (exact) mass is 272 g/mol. The number of nitrogens with one attached hydrogen (secondary N) is 1. The van der Waals surface area contributed by atoms with Crippen LogP contribution in [0.4, 0.5) is 11.4 Å². The van der Waals surface area contributed by atoms with Gasteiger partial charge >= 0.3 is 0 Å². The molecule has 0 aromatic heterocycles. The largest absolute Gasteiger partial charge is 0.384 e. The molecule has 2 rings (SSSR count). The van der Waals surface area contributed by atoms with Crippen molar-refractivity contribution in [1.29, 1.82) is 0 Å². The van der Waals surface area contributed by atoms with E-state index >= 15 is 0 Å². The van der Waals surface area contributed by atoms with E-state index < -0.39 is 0 Å². The SMILES string of the molecule is CN(C)c1cccc(NCCSc2ccccc2)c1. The number of nitrogens with zero attached hydrogens (tertiary/aromatic N) is 1. The van der Waals surface area contributed by atoms with Crippen LogP contribution in [0.25, 0.3) is 0 Å². The second-order valence-corrected chi connectivity index (χ2v) is 5.70. The molecule has 0 aliphatic carbocycles. The van der Waals surface area contributed by atoms with E-state index in [2.05, 4.69) is 78.9 Å². The Balaban J connectivity index is 1.78. The van der Waals surface area contributed by atoms with Gasteiger partial charge in [0.1, 0.15) is 0 Å².